The lowest BCUT2D eigenvalue weighted by atomic mass is 9.90. The summed E-state index contributed by atoms with van der Waals surface area (Å²) in [5.74, 6) is -5.27. The van der Waals surface area contributed by atoms with Crippen molar-refractivity contribution in [1.82, 2.24) is 5.32 Å². The Morgan fingerprint density at radius 3 is 2.12 bits per heavy atom. The highest BCUT2D eigenvalue weighted by atomic mass is 16.7. The summed E-state index contributed by atoms with van der Waals surface area (Å²) in [5, 5.41) is 99.7. The van der Waals surface area contributed by atoms with Crippen LogP contribution in [0.3, 0.4) is 0 Å². The Labute approximate surface area is 182 Å². The van der Waals surface area contributed by atoms with Crippen LogP contribution in [0, 0.1) is 0 Å². The summed E-state index contributed by atoms with van der Waals surface area (Å²) in [6, 6.07) is -1.37. The van der Waals surface area contributed by atoms with Crippen LogP contribution in [0.4, 0.5) is 0 Å². The maximum Gasteiger partial charge on any atom is 0.364 e. The van der Waals surface area contributed by atoms with E-state index >= 15 is 0 Å². The molecule has 188 valence electrons. The first-order valence-electron chi connectivity index (χ1n) is 9.61. The summed E-state index contributed by atoms with van der Waals surface area (Å²) in [4.78, 5) is 22.9. The fraction of sp³-hybridized carbons (Fsp3) is 0.882. The normalized spacial score (nSPS) is 31.8. The smallest absolute Gasteiger partial charge is 0.364 e. The maximum absolute atomic E-state index is 11.8. The molecule has 0 aromatic carbocycles. The minimum absolute atomic E-state index is 0.649. The van der Waals surface area contributed by atoms with Crippen molar-refractivity contribution in [2.45, 2.75) is 74.0 Å². The molecule has 1 aliphatic rings. The van der Waals surface area contributed by atoms with Crippen molar-refractivity contribution < 1.29 is 70.1 Å². The lowest BCUT2D eigenvalue weighted by Crippen LogP contribution is -2.64. The Hall–Kier alpha value is -1.50. The number of nitrogens with one attached hydrogen (secondary N) is 1. The van der Waals surface area contributed by atoms with Crippen LogP contribution in [-0.2, 0) is 19.1 Å². The summed E-state index contributed by atoms with van der Waals surface area (Å²) in [7, 11) is 0. The van der Waals surface area contributed by atoms with Gasteiger partial charge in [0.15, 0.2) is 0 Å². The van der Waals surface area contributed by atoms with Crippen molar-refractivity contribution >= 4 is 11.9 Å². The second-order valence-electron chi connectivity index (χ2n) is 7.49. The lowest BCUT2D eigenvalue weighted by molar-refractivity contribution is -0.332. The lowest BCUT2D eigenvalue weighted by Gasteiger charge is -2.45. The van der Waals surface area contributed by atoms with Gasteiger partial charge in [-0.1, -0.05) is 0 Å². The van der Waals surface area contributed by atoms with Gasteiger partial charge in [0.25, 0.3) is 5.79 Å². The molecule has 1 aliphatic heterocycles. The molecular weight excluding hydrogens is 442 g/mol. The molecule has 0 bridgehead atoms. The quantitative estimate of drug-likeness (QED) is 0.126. The first-order valence-corrected chi connectivity index (χ1v) is 9.61. The summed E-state index contributed by atoms with van der Waals surface area (Å²) in [5.41, 5.74) is 0. The van der Waals surface area contributed by atoms with Crippen LogP contribution in [0.25, 0.3) is 0 Å². The van der Waals surface area contributed by atoms with E-state index in [9.17, 15) is 55.5 Å². The summed E-state index contributed by atoms with van der Waals surface area (Å²) in [6.45, 7) is -1.72. The number of amides is 1. The largest absolute Gasteiger partial charge is 0.477 e. The van der Waals surface area contributed by atoms with Crippen LogP contribution in [0.15, 0.2) is 0 Å². The van der Waals surface area contributed by atoms with Crippen molar-refractivity contribution in [2.24, 2.45) is 0 Å². The van der Waals surface area contributed by atoms with E-state index in [0.29, 0.717) is 0 Å². The van der Waals surface area contributed by atoms with Gasteiger partial charge in [-0.3, -0.25) is 4.79 Å². The molecule has 0 spiro atoms. The Bertz CT molecular complexity index is 622. The van der Waals surface area contributed by atoms with Crippen molar-refractivity contribution in [3.05, 3.63) is 0 Å². The van der Waals surface area contributed by atoms with Crippen LogP contribution in [0.5, 0.6) is 0 Å². The first-order chi connectivity index (χ1) is 14.8. The molecule has 11 N–H and O–H groups in total. The average Bonchev–Trinajstić information content (AvgIpc) is 2.75. The molecule has 15 heteroatoms. The van der Waals surface area contributed by atoms with E-state index in [-0.39, 0.29) is 0 Å². The predicted octanol–water partition coefficient (Wildman–Crippen LogP) is -6.41. The van der Waals surface area contributed by atoms with Gasteiger partial charge in [0.05, 0.1) is 32.0 Å². The van der Waals surface area contributed by atoms with E-state index in [1.54, 1.807) is 0 Å². The van der Waals surface area contributed by atoms with E-state index in [2.05, 4.69) is 5.32 Å². The van der Waals surface area contributed by atoms with Crippen molar-refractivity contribution in [2.75, 3.05) is 19.8 Å². The average molecular weight is 473 g/mol. The number of carboxylic acid groups (broad SMARTS) is 1. The molecule has 1 rings (SSSR count). The number of rotatable bonds is 12. The minimum Gasteiger partial charge on any atom is -0.477 e. The van der Waals surface area contributed by atoms with E-state index in [1.165, 1.54) is 0 Å². The van der Waals surface area contributed by atoms with Gasteiger partial charge in [0.1, 0.15) is 42.7 Å². The van der Waals surface area contributed by atoms with E-state index in [0.717, 1.165) is 6.92 Å². The van der Waals surface area contributed by atoms with Gasteiger partial charge in [-0.05, 0) is 0 Å². The monoisotopic (exact) mass is 473 g/mol. The zero-order valence-corrected chi connectivity index (χ0v) is 17.1. The van der Waals surface area contributed by atoms with Crippen LogP contribution in [0.1, 0.15) is 13.3 Å². The Morgan fingerprint density at radius 2 is 1.66 bits per heavy atom. The number of aliphatic carboxylic acids is 1. The molecule has 0 aliphatic carbocycles. The van der Waals surface area contributed by atoms with Crippen LogP contribution in [-0.4, -0.2) is 143 Å². The summed E-state index contributed by atoms with van der Waals surface area (Å²) < 4.78 is 10.2. The van der Waals surface area contributed by atoms with E-state index < -0.39 is 98.8 Å². The molecule has 0 aromatic heterocycles. The number of hydrogen-bond donors (Lipinski definition) is 11. The first kappa shape index (κ1) is 28.5. The highest BCUT2D eigenvalue weighted by molar-refractivity contribution is 5.76. The van der Waals surface area contributed by atoms with E-state index in [1.807, 2.05) is 0 Å². The number of hydrogen-bond acceptors (Lipinski definition) is 13. The van der Waals surface area contributed by atoms with Crippen LogP contribution < -0.4 is 5.32 Å². The third kappa shape index (κ3) is 6.75. The van der Waals surface area contributed by atoms with Crippen molar-refractivity contribution in [3.8, 4) is 0 Å². The fourth-order valence-corrected chi connectivity index (χ4v) is 3.13. The second kappa shape index (κ2) is 12.1. The Morgan fingerprint density at radius 1 is 1.06 bits per heavy atom. The van der Waals surface area contributed by atoms with Crippen molar-refractivity contribution in [1.29, 1.82) is 0 Å². The number of aliphatic hydroxyl groups is 9. The van der Waals surface area contributed by atoms with Gasteiger partial charge in [-0.2, -0.15) is 0 Å². The minimum atomic E-state index is -2.76. The predicted molar refractivity (Wildman–Crippen MR) is 99.6 cm³/mol. The SMILES string of the molecule is CC(=O)N[C@@H](CO)[C@@H](O)[C@@H](O)[C@H](O)CO[C@]1(C(=O)O)C[C@H](O)[C@@H](O)[C@H]([C@H](O)[C@H](O)CO)O1. The van der Waals surface area contributed by atoms with Gasteiger partial charge >= 0.3 is 5.97 Å². The number of carbonyl (C=O) groups is 2. The molecule has 32 heavy (non-hydrogen) atoms. The molecule has 0 radical (unpaired) electrons. The number of aliphatic hydroxyl groups excluding tert-OH is 9. The number of carboxylic acids is 1. The molecule has 1 fully saturated rings. The van der Waals surface area contributed by atoms with Gasteiger partial charge < -0.3 is 65.9 Å². The van der Waals surface area contributed by atoms with Crippen molar-refractivity contribution in [3.63, 3.8) is 0 Å². The fourth-order valence-electron chi connectivity index (χ4n) is 3.13. The molecule has 15 nitrogen and oxygen atoms in total. The summed E-state index contributed by atoms with van der Waals surface area (Å²) >= 11 is 0. The number of carbonyl (C=O) groups excluding carboxylic acids is 1. The third-order valence-electron chi connectivity index (χ3n) is 5.01. The molecular formula is C17H31NO14. The van der Waals surface area contributed by atoms with Gasteiger partial charge in [0, 0.05) is 13.3 Å². The Kier molecular flexibility index (Phi) is 10.8. The van der Waals surface area contributed by atoms with Gasteiger partial charge in [0.2, 0.25) is 5.91 Å². The molecule has 0 unspecified atom stereocenters. The topological polar surface area (TPSA) is 267 Å². The summed E-state index contributed by atoms with van der Waals surface area (Å²) in [6.07, 6.45) is -16.3. The maximum atomic E-state index is 11.8. The zero-order chi connectivity index (χ0) is 24.8. The molecule has 0 aromatic rings. The van der Waals surface area contributed by atoms with Gasteiger partial charge in [-0.25, -0.2) is 4.79 Å². The highest BCUT2D eigenvalue weighted by Crippen LogP contribution is 2.33. The van der Waals surface area contributed by atoms with Crippen LogP contribution in [0.2, 0.25) is 0 Å². The number of ether oxygens (including phenoxy) is 2. The molecule has 1 heterocycles. The second-order valence-corrected chi connectivity index (χ2v) is 7.49. The molecule has 1 saturated heterocycles. The molecule has 1 amide bonds. The third-order valence-corrected chi connectivity index (χ3v) is 5.01. The Balaban J connectivity index is 2.97. The standard InChI is InChI=1S/C17H31NO14/c1-6(21)18-7(3-19)11(25)12(26)10(24)5-31-17(16(29)30)2-8(22)13(27)15(32-17)14(28)9(23)4-20/h7-15,19-20,22-28H,2-5H2,1H3,(H,18,21)(H,29,30)/t7-,8-,9+,10+,11+,12-,13+,14+,15+,17+/m0/s1. The zero-order valence-electron chi connectivity index (χ0n) is 17.1. The molecule has 10 atom stereocenters. The molecule has 0 saturated carbocycles. The highest BCUT2D eigenvalue weighted by Gasteiger charge is 2.55. The van der Waals surface area contributed by atoms with Gasteiger partial charge in [-0.15, -0.1) is 0 Å². The van der Waals surface area contributed by atoms with E-state index in [4.69, 9.17) is 14.6 Å². The van der Waals surface area contributed by atoms with Crippen LogP contribution >= 0.6 is 0 Å².